The minimum absolute atomic E-state index is 0.171. The minimum Gasteiger partial charge on any atom is -0.489 e. The van der Waals surface area contributed by atoms with Crippen LogP contribution in [0.2, 0.25) is 5.02 Å². The molecule has 0 aliphatic carbocycles. The highest BCUT2D eigenvalue weighted by molar-refractivity contribution is 6.32. The topological polar surface area (TPSA) is 18.5 Å². The molecule has 94 valence electrons. The summed E-state index contributed by atoms with van der Waals surface area (Å²) in [5.74, 6) is 1.09. The summed E-state index contributed by atoms with van der Waals surface area (Å²) in [5.41, 5.74) is 0.921. The lowest BCUT2D eigenvalue weighted by Crippen LogP contribution is -2.18. The summed E-state index contributed by atoms with van der Waals surface area (Å²) >= 11 is 12.0. The number of para-hydroxylation sites is 1. The molecule has 0 N–H and O–H groups in total. The number of halogens is 2. The summed E-state index contributed by atoms with van der Waals surface area (Å²) in [7, 11) is 0. The van der Waals surface area contributed by atoms with Crippen LogP contribution in [0.4, 0.5) is 0 Å². The monoisotopic (exact) mass is 274 g/mol. The molecule has 2 rings (SSSR count). The molecule has 1 aliphatic heterocycles. The van der Waals surface area contributed by atoms with Crippen LogP contribution in [-0.2, 0) is 10.6 Å². The molecule has 2 unspecified atom stereocenters. The molecule has 1 heterocycles. The number of hydrogen-bond donors (Lipinski definition) is 0. The first kappa shape index (κ1) is 13.0. The van der Waals surface area contributed by atoms with Gasteiger partial charge in [-0.05, 0) is 25.8 Å². The first-order chi connectivity index (χ1) is 8.20. The number of hydrogen-bond acceptors (Lipinski definition) is 2. The van der Waals surface area contributed by atoms with E-state index in [-0.39, 0.29) is 6.10 Å². The van der Waals surface area contributed by atoms with Gasteiger partial charge in [-0.25, -0.2) is 0 Å². The van der Waals surface area contributed by atoms with Gasteiger partial charge in [0.05, 0.1) is 23.1 Å². The van der Waals surface area contributed by atoms with Gasteiger partial charge in [0.2, 0.25) is 0 Å². The molecule has 2 nitrogen and oxygen atoms in total. The van der Waals surface area contributed by atoms with E-state index in [1.54, 1.807) is 0 Å². The maximum absolute atomic E-state index is 6.10. The molecule has 2 atom stereocenters. The van der Waals surface area contributed by atoms with Gasteiger partial charge < -0.3 is 9.47 Å². The Hall–Kier alpha value is -0.440. The number of ether oxygens (including phenoxy) is 2. The first-order valence-electron chi connectivity index (χ1n) is 5.82. The van der Waals surface area contributed by atoms with E-state index in [0.717, 1.165) is 18.4 Å². The van der Waals surface area contributed by atoms with Crippen molar-refractivity contribution in [2.45, 2.75) is 37.9 Å². The van der Waals surface area contributed by atoms with Crippen LogP contribution in [0, 0.1) is 0 Å². The van der Waals surface area contributed by atoms with E-state index in [0.29, 0.717) is 29.4 Å². The summed E-state index contributed by atoms with van der Waals surface area (Å²) in [5, 5.41) is 0.606. The molecule has 1 saturated heterocycles. The van der Waals surface area contributed by atoms with Crippen LogP contribution in [0.5, 0.6) is 5.75 Å². The second kappa shape index (κ2) is 5.94. The third-order valence-electron chi connectivity index (χ3n) is 2.93. The van der Waals surface area contributed by atoms with E-state index in [1.807, 2.05) is 18.2 Å². The highest BCUT2D eigenvalue weighted by Crippen LogP contribution is 2.30. The molecule has 1 fully saturated rings. The van der Waals surface area contributed by atoms with Crippen molar-refractivity contribution in [2.75, 3.05) is 6.61 Å². The van der Waals surface area contributed by atoms with Crippen LogP contribution in [0.3, 0.4) is 0 Å². The summed E-state index contributed by atoms with van der Waals surface area (Å²) < 4.78 is 11.4. The highest BCUT2D eigenvalue weighted by Gasteiger charge is 2.22. The van der Waals surface area contributed by atoms with Crippen LogP contribution in [0.15, 0.2) is 18.2 Å². The predicted octanol–water partition coefficient (Wildman–Crippen LogP) is 4.03. The van der Waals surface area contributed by atoms with Crippen molar-refractivity contribution in [1.82, 2.24) is 0 Å². The lowest BCUT2D eigenvalue weighted by atomic mass is 10.2. The summed E-state index contributed by atoms with van der Waals surface area (Å²) in [6, 6.07) is 5.61. The Morgan fingerprint density at radius 3 is 2.88 bits per heavy atom. The Kier molecular flexibility index (Phi) is 4.55. The summed E-state index contributed by atoms with van der Waals surface area (Å²) in [6.45, 7) is 2.62. The van der Waals surface area contributed by atoms with E-state index in [2.05, 4.69) is 6.92 Å². The fraction of sp³-hybridized carbons (Fsp3) is 0.538. The number of rotatable bonds is 4. The van der Waals surface area contributed by atoms with Crippen LogP contribution in [0.25, 0.3) is 0 Å². The third kappa shape index (κ3) is 3.27. The second-order valence-electron chi connectivity index (χ2n) is 4.32. The van der Waals surface area contributed by atoms with E-state index >= 15 is 0 Å². The Bertz CT molecular complexity index is 382. The summed E-state index contributed by atoms with van der Waals surface area (Å²) in [4.78, 5) is 0. The quantitative estimate of drug-likeness (QED) is 0.772. The van der Waals surface area contributed by atoms with E-state index in [9.17, 15) is 0 Å². The lowest BCUT2D eigenvalue weighted by Gasteiger charge is -2.15. The molecule has 17 heavy (non-hydrogen) atoms. The van der Waals surface area contributed by atoms with Gasteiger partial charge in [-0.15, -0.1) is 11.6 Å². The largest absolute Gasteiger partial charge is 0.489 e. The van der Waals surface area contributed by atoms with Crippen molar-refractivity contribution >= 4 is 23.2 Å². The Balaban J connectivity index is 1.98. The van der Waals surface area contributed by atoms with Crippen LogP contribution >= 0.6 is 23.2 Å². The molecular formula is C13H16Cl2O2. The van der Waals surface area contributed by atoms with Gasteiger partial charge in [0.15, 0.2) is 0 Å². The normalized spacial score (nSPS) is 23.9. The predicted molar refractivity (Wildman–Crippen MR) is 70.1 cm³/mol. The van der Waals surface area contributed by atoms with Crippen molar-refractivity contribution in [3.63, 3.8) is 0 Å². The zero-order valence-electron chi connectivity index (χ0n) is 9.79. The molecule has 0 radical (unpaired) electrons. The molecular weight excluding hydrogens is 259 g/mol. The molecule has 0 spiro atoms. The Morgan fingerprint density at radius 2 is 2.24 bits per heavy atom. The van der Waals surface area contributed by atoms with Gasteiger partial charge in [-0.1, -0.05) is 23.7 Å². The van der Waals surface area contributed by atoms with Gasteiger partial charge >= 0.3 is 0 Å². The van der Waals surface area contributed by atoms with Crippen LogP contribution in [-0.4, -0.2) is 18.8 Å². The molecule has 0 bridgehead atoms. The van der Waals surface area contributed by atoms with Gasteiger partial charge in [0, 0.05) is 5.56 Å². The number of alkyl halides is 1. The average molecular weight is 275 g/mol. The van der Waals surface area contributed by atoms with E-state index < -0.39 is 0 Å². The second-order valence-corrected chi connectivity index (χ2v) is 4.99. The smallest absolute Gasteiger partial charge is 0.142 e. The average Bonchev–Trinajstić information content (AvgIpc) is 2.73. The maximum atomic E-state index is 6.10. The molecule has 0 amide bonds. The molecule has 1 aliphatic rings. The van der Waals surface area contributed by atoms with E-state index in [1.165, 1.54) is 0 Å². The van der Waals surface area contributed by atoms with Gasteiger partial charge in [-0.2, -0.15) is 0 Å². The third-order valence-corrected chi connectivity index (χ3v) is 3.51. The lowest BCUT2D eigenvalue weighted by molar-refractivity contribution is 0.0263. The maximum Gasteiger partial charge on any atom is 0.142 e. The van der Waals surface area contributed by atoms with Crippen molar-refractivity contribution in [1.29, 1.82) is 0 Å². The Morgan fingerprint density at radius 1 is 1.41 bits per heavy atom. The summed E-state index contributed by atoms with van der Waals surface area (Å²) in [6.07, 6.45) is 2.65. The fourth-order valence-electron chi connectivity index (χ4n) is 2.00. The molecule has 0 aromatic heterocycles. The van der Waals surface area contributed by atoms with Crippen molar-refractivity contribution in [2.24, 2.45) is 0 Å². The molecule has 1 aromatic rings. The van der Waals surface area contributed by atoms with Crippen molar-refractivity contribution in [3.8, 4) is 5.75 Å². The number of benzene rings is 1. The van der Waals surface area contributed by atoms with Crippen LogP contribution < -0.4 is 4.74 Å². The molecule has 0 saturated carbocycles. The van der Waals surface area contributed by atoms with Gasteiger partial charge in [-0.3, -0.25) is 0 Å². The SMILES string of the molecule is CC1CCC(COc2c(Cl)cccc2CCl)O1. The van der Waals surface area contributed by atoms with E-state index in [4.69, 9.17) is 32.7 Å². The van der Waals surface area contributed by atoms with Gasteiger partial charge in [0.25, 0.3) is 0 Å². The molecule has 4 heteroatoms. The van der Waals surface area contributed by atoms with Crippen molar-refractivity contribution in [3.05, 3.63) is 28.8 Å². The van der Waals surface area contributed by atoms with Gasteiger partial charge in [0.1, 0.15) is 12.4 Å². The molecule has 1 aromatic carbocycles. The highest BCUT2D eigenvalue weighted by atomic mass is 35.5. The fourth-order valence-corrected chi connectivity index (χ4v) is 2.46. The Labute approximate surface area is 112 Å². The van der Waals surface area contributed by atoms with Crippen molar-refractivity contribution < 1.29 is 9.47 Å². The standard InChI is InChI=1S/C13H16Cl2O2/c1-9-5-6-11(17-9)8-16-13-10(7-14)3-2-4-12(13)15/h2-4,9,11H,5-8H2,1H3. The first-order valence-corrected chi connectivity index (χ1v) is 6.73. The zero-order chi connectivity index (χ0) is 12.3. The van der Waals surface area contributed by atoms with Crippen LogP contribution in [0.1, 0.15) is 25.3 Å². The zero-order valence-corrected chi connectivity index (χ0v) is 11.3. The minimum atomic E-state index is 0.171.